The molecule has 1 amide bonds. The first-order valence-corrected chi connectivity index (χ1v) is 7.61. The Kier molecular flexibility index (Phi) is 8.09. The number of pyridine rings is 1. The van der Waals surface area contributed by atoms with E-state index in [-0.39, 0.29) is 42.6 Å². The molecule has 1 unspecified atom stereocenters. The van der Waals surface area contributed by atoms with E-state index in [1.807, 2.05) is 0 Å². The Labute approximate surface area is 158 Å². The van der Waals surface area contributed by atoms with Gasteiger partial charge >= 0.3 is 0 Å². The number of nitrogens with zero attached hydrogens (tertiary/aromatic N) is 2. The fourth-order valence-electron chi connectivity index (χ4n) is 2.69. The second-order valence-electron chi connectivity index (χ2n) is 5.57. The summed E-state index contributed by atoms with van der Waals surface area (Å²) in [5, 5.41) is 6.16. The number of hydrogen-bond acceptors (Lipinski definition) is 4. The van der Waals surface area contributed by atoms with Crippen molar-refractivity contribution < 1.29 is 9.18 Å². The van der Waals surface area contributed by atoms with E-state index >= 15 is 0 Å². The molecule has 1 saturated heterocycles. The highest BCUT2D eigenvalue weighted by molar-refractivity contribution is 5.99. The normalized spacial score (nSPS) is 15.7. The van der Waals surface area contributed by atoms with Gasteiger partial charge in [-0.1, -0.05) is 12.1 Å². The van der Waals surface area contributed by atoms with E-state index in [0.29, 0.717) is 17.1 Å². The molecule has 25 heavy (non-hydrogen) atoms. The van der Waals surface area contributed by atoms with Crippen LogP contribution in [-0.2, 0) is 0 Å². The van der Waals surface area contributed by atoms with E-state index in [2.05, 4.69) is 15.6 Å². The van der Waals surface area contributed by atoms with E-state index in [0.717, 1.165) is 19.5 Å². The Hall–Kier alpha value is -1.89. The van der Waals surface area contributed by atoms with Crippen molar-refractivity contribution in [3.8, 4) is 0 Å². The van der Waals surface area contributed by atoms with Crippen LogP contribution < -0.4 is 10.6 Å². The summed E-state index contributed by atoms with van der Waals surface area (Å²) in [6.07, 6.45) is 2.51. The third-order valence-electron chi connectivity index (χ3n) is 4.07. The summed E-state index contributed by atoms with van der Waals surface area (Å²) >= 11 is 0. The van der Waals surface area contributed by atoms with Gasteiger partial charge in [0.1, 0.15) is 11.6 Å². The van der Waals surface area contributed by atoms with Crippen molar-refractivity contribution in [2.75, 3.05) is 25.5 Å². The summed E-state index contributed by atoms with van der Waals surface area (Å²) in [5.41, 5.74) is 0.732. The van der Waals surface area contributed by atoms with Gasteiger partial charge in [0.2, 0.25) is 0 Å². The number of anilines is 2. The molecular weight excluding hydrogens is 366 g/mol. The number of nitrogens with one attached hydrogen (secondary N) is 2. The summed E-state index contributed by atoms with van der Waals surface area (Å²) < 4.78 is 13.8. The minimum absolute atomic E-state index is 0. The number of aromatic nitrogens is 1. The second kappa shape index (κ2) is 9.56. The van der Waals surface area contributed by atoms with Crippen LogP contribution in [0.25, 0.3) is 0 Å². The van der Waals surface area contributed by atoms with Crippen molar-refractivity contribution in [2.24, 2.45) is 0 Å². The third-order valence-corrected chi connectivity index (χ3v) is 4.07. The maximum absolute atomic E-state index is 13.8. The Bertz CT molecular complexity index is 711. The van der Waals surface area contributed by atoms with Crippen LogP contribution >= 0.6 is 24.8 Å². The van der Waals surface area contributed by atoms with Crippen molar-refractivity contribution in [1.82, 2.24) is 15.2 Å². The van der Waals surface area contributed by atoms with Gasteiger partial charge in [0.25, 0.3) is 5.91 Å². The van der Waals surface area contributed by atoms with Crippen LogP contribution in [0.5, 0.6) is 0 Å². The number of rotatable bonds is 4. The lowest BCUT2D eigenvalue weighted by atomic mass is 10.1. The van der Waals surface area contributed by atoms with Gasteiger partial charge in [0.15, 0.2) is 0 Å². The van der Waals surface area contributed by atoms with Crippen LogP contribution in [-0.4, -0.2) is 42.0 Å². The number of carbonyl (C=O) groups excluding carboxylic acids is 1. The number of para-hydroxylation sites is 1. The SMILES string of the molecule is CN(C(=O)c1cccnc1Nc1ccccc1F)C1CCNC1.Cl.Cl. The molecule has 1 aromatic carbocycles. The molecule has 5 nitrogen and oxygen atoms in total. The van der Waals surface area contributed by atoms with E-state index in [1.165, 1.54) is 6.07 Å². The number of likely N-dealkylation sites (N-methyl/N-ethyl adjacent to an activating group) is 1. The average molecular weight is 387 g/mol. The molecule has 1 atom stereocenters. The van der Waals surface area contributed by atoms with Gasteiger partial charge in [0, 0.05) is 25.8 Å². The monoisotopic (exact) mass is 386 g/mol. The van der Waals surface area contributed by atoms with Crippen LogP contribution in [0.15, 0.2) is 42.6 Å². The number of benzene rings is 1. The molecular formula is C17H21Cl2FN4O. The Morgan fingerprint density at radius 2 is 2.04 bits per heavy atom. The highest BCUT2D eigenvalue weighted by Crippen LogP contribution is 2.22. The van der Waals surface area contributed by atoms with Gasteiger partial charge in [-0.2, -0.15) is 0 Å². The topological polar surface area (TPSA) is 57.3 Å². The molecule has 1 aliphatic heterocycles. The van der Waals surface area contributed by atoms with Crippen molar-refractivity contribution in [2.45, 2.75) is 12.5 Å². The first-order chi connectivity index (χ1) is 11.2. The number of amides is 1. The number of carbonyl (C=O) groups is 1. The lowest BCUT2D eigenvalue weighted by Gasteiger charge is -2.24. The molecule has 3 rings (SSSR count). The van der Waals surface area contributed by atoms with Gasteiger partial charge in [0.05, 0.1) is 11.3 Å². The first kappa shape index (κ1) is 21.2. The highest BCUT2D eigenvalue weighted by atomic mass is 35.5. The fourth-order valence-corrected chi connectivity index (χ4v) is 2.69. The summed E-state index contributed by atoms with van der Waals surface area (Å²) in [6, 6.07) is 9.91. The Morgan fingerprint density at radius 3 is 2.72 bits per heavy atom. The molecule has 0 saturated carbocycles. The van der Waals surface area contributed by atoms with Crippen molar-refractivity contribution in [3.05, 3.63) is 54.0 Å². The van der Waals surface area contributed by atoms with Crippen molar-refractivity contribution in [3.63, 3.8) is 0 Å². The van der Waals surface area contributed by atoms with Crippen LogP contribution in [0.1, 0.15) is 16.8 Å². The van der Waals surface area contributed by atoms with E-state index in [4.69, 9.17) is 0 Å². The molecule has 1 aliphatic rings. The van der Waals surface area contributed by atoms with E-state index in [1.54, 1.807) is 48.5 Å². The highest BCUT2D eigenvalue weighted by Gasteiger charge is 2.26. The van der Waals surface area contributed by atoms with Gasteiger partial charge in [-0.15, -0.1) is 24.8 Å². The zero-order valence-electron chi connectivity index (χ0n) is 13.7. The van der Waals surface area contributed by atoms with Crippen LogP contribution in [0, 0.1) is 5.82 Å². The summed E-state index contributed by atoms with van der Waals surface area (Å²) in [5.74, 6) is -0.143. The van der Waals surface area contributed by atoms with Crippen LogP contribution in [0.2, 0.25) is 0 Å². The van der Waals surface area contributed by atoms with E-state index in [9.17, 15) is 9.18 Å². The number of hydrogen-bond donors (Lipinski definition) is 2. The smallest absolute Gasteiger partial charge is 0.257 e. The molecule has 2 heterocycles. The minimum Gasteiger partial charge on any atom is -0.337 e. The molecule has 8 heteroatoms. The zero-order valence-corrected chi connectivity index (χ0v) is 15.4. The fraction of sp³-hybridized carbons (Fsp3) is 0.294. The summed E-state index contributed by atoms with van der Waals surface area (Å²) in [7, 11) is 1.79. The molecule has 1 fully saturated rings. The predicted octanol–water partition coefficient (Wildman–Crippen LogP) is 3.24. The molecule has 2 aromatic rings. The molecule has 0 spiro atoms. The maximum Gasteiger partial charge on any atom is 0.257 e. The van der Waals surface area contributed by atoms with Crippen LogP contribution in [0.4, 0.5) is 15.9 Å². The van der Waals surface area contributed by atoms with Gasteiger partial charge in [-0.25, -0.2) is 9.37 Å². The quantitative estimate of drug-likeness (QED) is 0.846. The van der Waals surface area contributed by atoms with Gasteiger partial charge in [-0.3, -0.25) is 4.79 Å². The van der Waals surface area contributed by atoms with Crippen molar-refractivity contribution in [1.29, 1.82) is 0 Å². The zero-order chi connectivity index (χ0) is 16.2. The lowest BCUT2D eigenvalue weighted by Crippen LogP contribution is -2.38. The van der Waals surface area contributed by atoms with E-state index < -0.39 is 0 Å². The second-order valence-corrected chi connectivity index (χ2v) is 5.57. The maximum atomic E-state index is 13.8. The largest absolute Gasteiger partial charge is 0.337 e. The standard InChI is InChI=1S/C17H19FN4O.2ClH/c1-22(12-8-10-19-11-12)17(23)13-5-4-9-20-16(13)21-15-7-3-2-6-14(15)18;;/h2-7,9,12,19H,8,10-11H2,1H3,(H,20,21);2*1H. The first-order valence-electron chi connectivity index (χ1n) is 7.61. The molecule has 0 radical (unpaired) electrons. The molecule has 1 aromatic heterocycles. The molecule has 2 N–H and O–H groups in total. The molecule has 0 bridgehead atoms. The average Bonchev–Trinajstić information content (AvgIpc) is 3.11. The molecule has 136 valence electrons. The minimum atomic E-state index is -0.384. The van der Waals surface area contributed by atoms with Crippen LogP contribution in [0.3, 0.4) is 0 Å². The summed E-state index contributed by atoms with van der Waals surface area (Å²) in [6.45, 7) is 1.70. The number of halogens is 3. The lowest BCUT2D eigenvalue weighted by molar-refractivity contribution is 0.0744. The third kappa shape index (κ3) is 4.81. The summed E-state index contributed by atoms with van der Waals surface area (Å²) in [4.78, 5) is 18.7. The predicted molar refractivity (Wildman–Crippen MR) is 102 cm³/mol. The molecule has 0 aliphatic carbocycles. The van der Waals surface area contributed by atoms with Gasteiger partial charge in [-0.05, 0) is 37.2 Å². The Balaban J connectivity index is 0.00000156. The van der Waals surface area contributed by atoms with Crippen molar-refractivity contribution >= 4 is 42.2 Å². The Morgan fingerprint density at radius 1 is 1.28 bits per heavy atom. The van der Waals surface area contributed by atoms with Gasteiger partial charge < -0.3 is 15.5 Å².